The lowest BCUT2D eigenvalue weighted by atomic mass is 9.93. The molecule has 0 saturated heterocycles. The average Bonchev–Trinajstić information content (AvgIpc) is 3.67. The SMILES string of the molecule is COc1c(C(N)=O)cccc1C(OC[C@H](O)CNC(C)(C)Cc1ccc2ccccc2c1)C1CC1. The number of primary amides is 1. The van der Waals surface area contributed by atoms with Gasteiger partial charge in [0.25, 0.3) is 5.91 Å². The minimum absolute atomic E-state index is 0.185. The summed E-state index contributed by atoms with van der Waals surface area (Å²) in [5.41, 5.74) is 7.74. The molecule has 1 aliphatic rings. The highest BCUT2D eigenvalue weighted by Gasteiger charge is 2.36. The molecular formula is C29H36N2O4. The molecule has 6 heteroatoms. The van der Waals surface area contributed by atoms with Crippen molar-refractivity contribution < 1.29 is 19.4 Å². The summed E-state index contributed by atoms with van der Waals surface area (Å²) in [5.74, 6) is 0.272. The number of hydrogen-bond acceptors (Lipinski definition) is 5. The number of methoxy groups -OCH3 is 1. The number of fused-ring (bicyclic) bond motifs is 1. The molecule has 2 atom stereocenters. The predicted octanol–water partition coefficient (Wildman–Crippen LogP) is 4.39. The van der Waals surface area contributed by atoms with Crippen LogP contribution in [0.5, 0.6) is 5.75 Å². The number of aliphatic hydroxyl groups excluding tert-OH is 1. The van der Waals surface area contributed by atoms with Crippen LogP contribution in [-0.2, 0) is 11.2 Å². The van der Waals surface area contributed by atoms with Crippen LogP contribution < -0.4 is 15.8 Å². The Kier molecular flexibility index (Phi) is 7.75. The van der Waals surface area contributed by atoms with Crippen molar-refractivity contribution in [3.8, 4) is 5.75 Å². The highest BCUT2D eigenvalue weighted by Crippen LogP contribution is 2.46. The Morgan fingerprint density at radius 3 is 2.54 bits per heavy atom. The summed E-state index contributed by atoms with van der Waals surface area (Å²) in [5, 5.41) is 16.7. The van der Waals surface area contributed by atoms with Gasteiger partial charge in [0.15, 0.2) is 0 Å². The van der Waals surface area contributed by atoms with E-state index in [1.54, 1.807) is 12.1 Å². The minimum Gasteiger partial charge on any atom is -0.496 e. The van der Waals surface area contributed by atoms with Crippen LogP contribution in [0.1, 0.15) is 54.3 Å². The Balaban J connectivity index is 1.35. The maximum Gasteiger partial charge on any atom is 0.252 e. The van der Waals surface area contributed by atoms with Gasteiger partial charge in [-0.3, -0.25) is 4.79 Å². The average molecular weight is 477 g/mol. The first kappa shape index (κ1) is 25.2. The molecular weight excluding hydrogens is 440 g/mol. The summed E-state index contributed by atoms with van der Waals surface area (Å²) >= 11 is 0. The van der Waals surface area contributed by atoms with E-state index in [4.69, 9.17) is 15.2 Å². The van der Waals surface area contributed by atoms with E-state index in [0.717, 1.165) is 24.8 Å². The second kappa shape index (κ2) is 10.8. The van der Waals surface area contributed by atoms with Crippen LogP contribution in [0, 0.1) is 5.92 Å². The van der Waals surface area contributed by atoms with Gasteiger partial charge in [-0.15, -0.1) is 0 Å². The molecule has 35 heavy (non-hydrogen) atoms. The minimum atomic E-state index is -0.669. The lowest BCUT2D eigenvalue weighted by Gasteiger charge is -2.29. The van der Waals surface area contributed by atoms with Crippen LogP contribution in [-0.4, -0.2) is 42.9 Å². The quantitative estimate of drug-likeness (QED) is 0.361. The van der Waals surface area contributed by atoms with E-state index < -0.39 is 12.0 Å². The molecule has 4 rings (SSSR count). The van der Waals surface area contributed by atoms with Crippen LogP contribution in [0.3, 0.4) is 0 Å². The Morgan fingerprint density at radius 2 is 1.86 bits per heavy atom. The van der Waals surface area contributed by atoms with Crippen molar-refractivity contribution in [3.63, 3.8) is 0 Å². The zero-order chi connectivity index (χ0) is 25.0. The molecule has 0 aromatic heterocycles. The number of carbonyl (C=O) groups is 1. The van der Waals surface area contributed by atoms with Gasteiger partial charge in [-0.2, -0.15) is 0 Å². The van der Waals surface area contributed by atoms with Crippen molar-refractivity contribution in [2.75, 3.05) is 20.3 Å². The Bertz CT molecular complexity index is 1170. The third kappa shape index (κ3) is 6.40. The third-order valence-electron chi connectivity index (χ3n) is 6.62. The zero-order valence-corrected chi connectivity index (χ0v) is 20.8. The third-order valence-corrected chi connectivity index (χ3v) is 6.62. The predicted molar refractivity (Wildman–Crippen MR) is 139 cm³/mol. The van der Waals surface area contributed by atoms with Crippen molar-refractivity contribution >= 4 is 16.7 Å². The van der Waals surface area contributed by atoms with Gasteiger partial charge in [0.2, 0.25) is 0 Å². The topological polar surface area (TPSA) is 93.8 Å². The Hall–Kier alpha value is -2.93. The number of β-amino-alcohol motifs (C(OH)–C–C–N with tert-alkyl or cyclic N) is 1. The summed E-state index contributed by atoms with van der Waals surface area (Å²) in [6.45, 7) is 4.88. The number of nitrogens with two attached hydrogens (primary N) is 1. The molecule has 1 aliphatic carbocycles. The van der Waals surface area contributed by atoms with E-state index in [9.17, 15) is 9.90 Å². The number of aliphatic hydroxyl groups is 1. The first-order valence-electron chi connectivity index (χ1n) is 12.3. The van der Waals surface area contributed by atoms with Crippen molar-refractivity contribution in [1.29, 1.82) is 0 Å². The number of carbonyl (C=O) groups excluding carboxylic acids is 1. The number of ether oxygens (including phenoxy) is 2. The highest BCUT2D eigenvalue weighted by atomic mass is 16.5. The van der Waals surface area contributed by atoms with Gasteiger partial charge < -0.3 is 25.6 Å². The number of hydrogen-bond donors (Lipinski definition) is 3. The Morgan fingerprint density at radius 1 is 1.11 bits per heavy atom. The van der Waals surface area contributed by atoms with Gasteiger partial charge in [-0.1, -0.05) is 54.6 Å². The van der Waals surface area contributed by atoms with Gasteiger partial charge in [-0.05, 0) is 61.4 Å². The summed E-state index contributed by atoms with van der Waals surface area (Å²) in [6, 6.07) is 20.3. The summed E-state index contributed by atoms with van der Waals surface area (Å²) < 4.78 is 11.7. The second-order valence-electron chi connectivity index (χ2n) is 10.2. The normalized spacial score (nSPS) is 15.7. The van der Waals surface area contributed by atoms with Crippen LogP contribution in [0.2, 0.25) is 0 Å². The highest BCUT2D eigenvalue weighted by molar-refractivity contribution is 5.96. The lowest BCUT2D eigenvalue weighted by molar-refractivity contribution is -0.0220. The summed E-state index contributed by atoms with van der Waals surface area (Å²) in [6.07, 6.45) is 2.01. The van der Waals surface area contributed by atoms with Crippen LogP contribution in [0.25, 0.3) is 10.8 Å². The monoisotopic (exact) mass is 476 g/mol. The van der Waals surface area contributed by atoms with E-state index in [1.807, 2.05) is 6.07 Å². The molecule has 0 bridgehead atoms. The molecule has 3 aromatic carbocycles. The van der Waals surface area contributed by atoms with E-state index in [1.165, 1.54) is 23.4 Å². The molecule has 1 saturated carbocycles. The van der Waals surface area contributed by atoms with Crippen molar-refractivity contribution in [3.05, 3.63) is 77.4 Å². The lowest BCUT2D eigenvalue weighted by Crippen LogP contribution is -2.46. The van der Waals surface area contributed by atoms with Gasteiger partial charge in [-0.25, -0.2) is 0 Å². The van der Waals surface area contributed by atoms with Crippen molar-refractivity contribution in [1.82, 2.24) is 5.32 Å². The fourth-order valence-electron chi connectivity index (χ4n) is 4.67. The molecule has 1 amide bonds. The van der Waals surface area contributed by atoms with Crippen molar-refractivity contribution in [2.45, 2.75) is 50.9 Å². The molecule has 1 unspecified atom stereocenters. The number of nitrogens with one attached hydrogen (secondary N) is 1. The molecule has 3 aromatic rings. The molecule has 0 radical (unpaired) electrons. The maximum atomic E-state index is 11.8. The van der Waals surface area contributed by atoms with Gasteiger partial charge >= 0.3 is 0 Å². The molecule has 0 spiro atoms. The molecule has 4 N–H and O–H groups in total. The van der Waals surface area contributed by atoms with Gasteiger partial charge in [0.1, 0.15) is 5.75 Å². The zero-order valence-electron chi connectivity index (χ0n) is 20.8. The first-order chi connectivity index (χ1) is 16.8. The number of amides is 1. The summed E-state index contributed by atoms with van der Waals surface area (Å²) in [7, 11) is 1.53. The Labute approximate surface area is 207 Å². The maximum absolute atomic E-state index is 11.8. The fourth-order valence-corrected chi connectivity index (χ4v) is 4.67. The van der Waals surface area contributed by atoms with E-state index in [-0.39, 0.29) is 18.2 Å². The van der Waals surface area contributed by atoms with Crippen LogP contribution >= 0.6 is 0 Å². The summed E-state index contributed by atoms with van der Waals surface area (Å²) in [4.78, 5) is 11.8. The van der Waals surface area contributed by atoms with Gasteiger partial charge in [0.05, 0.1) is 31.5 Å². The number of benzene rings is 3. The number of para-hydroxylation sites is 1. The molecule has 6 nitrogen and oxygen atoms in total. The van der Waals surface area contributed by atoms with E-state index in [0.29, 0.717) is 23.8 Å². The van der Waals surface area contributed by atoms with E-state index in [2.05, 4.69) is 61.6 Å². The molecule has 1 fully saturated rings. The molecule has 0 heterocycles. The first-order valence-corrected chi connectivity index (χ1v) is 12.3. The van der Waals surface area contributed by atoms with Crippen LogP contribution in [0.15, 0.2) is 60.7 Å². The molecule has 186 valence electrons. The molecule has 0 aliphatic heterocycles. The largest absolute Gasteiger partial charge is 0.496 e. The van der Waals surface area contributed by atoms with E-state index >= 15 is 0 Å². The van der Waals surface area contributed by atoms with Crippen LogP contribution in [0.4, 0.5) is 0 Å². The van der Waals surface area contributed by atoms with Crippen molar-refractivity contribution in [2.24, 2.45) is 11.7 Å². The fraction of sp³-hybridized carbons (Fsp3) is 0.414. The smallest absolute Gasteiger partial charge is 0.252 e. The number of rotatable bonds is 12. The van der Waals surface area contributed by atoms with Gasteiger partial charge in [0, 0.05) is 17.6 Å². The standard InChI is InChI=1S/C29H36N2O4/c1-29(2,16-19-11-12-20-7-4-5-8-22(20)15-19)31-17-23(32)18-35-26(21-13-14-21)24-9-6-10-25(28(30)33)27(24)34-3/h4-12,15,21,23,26,31-32H,13-14,16-18H2,1-3H3,(H2,30,33)/t23-,26?/m1/s1. The second-order valence-corrected chi connectivity index (χ2v) is 10.2.